The Hall–Kier alpha value is -0.350. The average molecular weight is 288 g/mol. The zero-order chi connectivity index (χ0) is 12.1. The molecule has 0 amide bonds. The van der Waals surface area contributed by atoms with E-state index in [2.05, 4.69) is 58.7 Å². The summed E-state index contributed by atoms with van der Waals surface area (Å²) in [5, 5.41) is 7.81. The van der Waals surface area contributed by atoms with Crippen molar-refractivity contribution in [2.75, 3.05) is 6.54 Å². The largest absolute Gasteiger partial charge is 0.315 e. The first-order chi connectivity index (χ1) is 7.52. The van der Waals surface area contributed by atoms with E-state index in [-0.39, 0.29) is 0 Å². The zero-order valence-electron chi connectivity index (χ0n) is 10.6. The average Bonchev–Trinajstić information content (AvgIpc) is 2.54. The lowest BCUT2D eigenvalue weighted by molar-refractivity contribution is 0.497. The number of nitrogens with one attached hydrogen (secondary N) is 1. The quantitative estimate of drug-likeness (QED) is 0.815. The van der Waals surface area contributed by atoms with Crippen molar-refractivity contribution < 1.29 is 0 Å². The van der Waals surface area contributed by atoms with Crippen LogP contribution in [0.1, 0.15) is 45.9 Å². The monoisotopic (exact) mass is 287 g/mol. The summed E-state index contributed by atoms with van der Waals surface area (Å²) in [6, 6.07) is 0.998. The summed E-state index contributed by atoms with van der Waals surface area (Å²) >= 11 is 3.56. The molecule has 1 N–H and O–H groups in total. The van der Waals surface area contributed by atoms with Crippen LogP contribution < -0.4 is 5.32 Å². The third-order valence-corrected chi connectivity index (χ3v) is 3.14. The lowest BCUT2D eigenvalue weighted by Crippen LogP contribution is -2.24. The maximum atomic E-state index is 4.38. The molecule has 0 atom stereocenters. The van der Waals surface area contributed by atoms with Crippen LogP contribution >= 0.6 is 15.9 Å². The number of nitrogens with zero attached hydrogens (tertiary/aromatic N) is 2. The minimum Gasteiger partial charge on any atom is -0.315 e. The molecule has 3 nitrogen and oxygen atoms in total. The van der Waals surface area contributed by atoms with Crippen molar-refractivity contribution in [3.05, 3.63) is 16.4 Å². The molecule has 0 bridgehead atoms. The van der Waals surface area contributed by atoms with E-state index in [4.69, 9.17) is 0 Å². The summed E-state index contributed by atoms with van der Waals surface area (Å²) in [5.41, 5.74) is 1.31. The van der Waals surface area contributed by atoms with Crippen LogP contribution in [-0.2, 0) is 6.42 Å². The molecule has 16 heavy (non-hydrogen) atoms. The fourth-order valence-electron chi connectivity index (χ4n) is 1.69. The first-order valence-electron chi connectivity index (χ1n) is 5.97. The van der Waals surface area contributed by atoms with Gasteiger partial charge < -0.3 is 5.32 Å². The van der Waals surface area contributed by atoms with Gasteiger partial charge in [-0.3, -0.25) is 4.68 Å². The van der Waals surface area contributed by atoms with Crippen molar-refractivity contribution in [1.82, 2.24) is 15.1 Å². The van der Waals surface area contributed by atoms with Gasteiger partial charge in [-0.2, -0.15) is 5.10 Å². The van der Waals surface area contributed by atoms with Gasteiger partial charge in [-0.1, -0.05) is 13.8 Å². The third kappa shape index (κ3) is 3.91. The van der Waals surface area contributed by atoms with Crippen molar-refractivity contribution in [2.24, 2.45) is 0 Å². The fraction of sp³-hybridized carbons (Fsp3) is 0.750. The van der Waals surface area contributed by atoms with Gasteiger partial charge in [0.15, 0.2) is 0 Å². The number of hydrogen-bond donors (Lipinski definition) is 1. The van der Waals surface area contributed by atoms with Crippen LogP contribution in [0.4, 0.5) is 0 Å². The predicted octanol–water partition coefficient (Wildman–Crippen LogP) is 3.16. The van der Waals surface area contributed by atoms with E-state index in [1.807, 2.05) is 6.20 Å². The summed E-state index contributed by atoms with van der Waals surface area (Å²) in [7, 11) is 0. The fourth-order valence-corrected chi connectivity index (χ4v) is 2.16. The predicted molar refractivity (Wildman–Crippen MR) is 71.8 cm³/mol. The van der Waals surface area contributed by atoms with Gasteiger partial charge in [-0.15, -0.1) is 0 Å². The maximum Gasteiger partial charge on any atom is 0.0635 e. The number of rotatable bonds is 6. The van der Waals surface area contributed by atoms with Gasteiger partial charge >= 0.3 is 0 Å². The molecule has 1 heterocycles. The first-order valence-corrected chi connectivity index (χ1v) is 6.77. The molecular formula is C12H22BrN3. The van der Waals surface area contributed by atoms with Crippen molar-refractivity contribution in [3.8, 4) is 0 Å². The summed E-state index contributed by atoms with van der Waals surface area (Å²) in [5.74, 6) is 0. The minimum absolute atomic E-state index is 0.430. The smallest absolute Gasteiger partial charge is 0.0635 e. The summed E-state index contributed by atoms with van der Waals surface area (Å²) in [6.45, 7) is 9.74. The van der Waals surface area contributed by atoms with E-state index in [0.717, 1.165) is 23.9 Å². The van der Waals surface area contributed by atoms with Crippen LogP contribution in [0.25, 0.3) is 0 Å². The van der Waals surface area contributed by atoms with Crippen LogP contribution in [0.15, 0.2) is 10.7 Å². The van der Waals surface area contributed by atoms with Gasteiger partial charge in [0.1, 0.15) is 0 Å². The molecule has 1 aromatic heterocycles. The molecule has 0 aliphatic carbocycles. The molecular weight excluding hydrogens is 266 g/mol. The SMILES string of the molecule is CC(C)NCCCc1c(Br)cnn1C(C)C. The number of hydrogen-bond acceptors (Lipinski definition) is 2. The number of halogens is 1. The van der Waals surface area contributed by atoms with E-state index < -0.39 is 0 Å². The Balaban J connectivity index is 2.49. The third-order valence-electron chi connectivity index (χ3n) is 2.48. The Morgan fingerprint density at radius 2 is 2.06 bits per heavy atom. The lowest BCUT2D eigenvalue weighted by atomic mass is 10.2. The normalized spacial score (nSPS) is 11.7. The number of aromatic nitrogens is 2. The standard InChI is InChI=1S/C12H22BrN3/c1-9(2)14-7-5-6-12-11(13)8-15-16(12)10(3)4/h8-10,14H,5-7H2,1-4H3. The Labute approximate surface area is 107 Å². The van der Waals surface area contributed by atoms with E-state index >= 15 is 0 Å². The second-order valence-corrected chi connectivity index (χ2v) is 5.54. The molecule has 0 unspecified atom stereocenters. The van der Waals surface area contributed by atoms with Crippen LogP contribution in [-0.4, -0.2) is 22.4 Å². The molecule has 0 saturated carbocycles. The minimum atomic E-state index is 0.430. The summed E-state index contributed by atoms with van der Waals surface area (Å²) < 4.78 is 3.23. The van der Waals surface area contributed by atoms with Gasteiger partial charge in [0.25, 0.3) is 0 Å². The second-order valence-electron chi connectivity index (χ2n) is 4.69. The topological polar surface area (TPSA) is 29.9 Å². The van der Waals surface area contributed by atoms with Gasteiger partial charge in [0.05, 0.1) is 16.4 Å². The molecule has 0 aromatic carbocycles. The van der Waals surface area contributed by atoms with Gasteiger partial charge in [-0.25, -0.2) is 0 Å². The Kier molecular flexibility index (Phi) is 5.49. The molecule has 1 rings (SSSR count). The molecule has 0 spiro atoms. The van der Waals surface area contributed by atoms with Crippen molar-refractivity contribution in [2.45, 2.75) is 52.6 Å². The Morgan fingerprint density at radius 3 is 2.62 bits per heavy atom. The molecule has 0 aliphatic heterocycles. The van der Waals surface area contributed by atoms with Gasteiger partial charge in [0.2, 0.25) is 0 Å². The molecule has 92 valence electrons. The second kappa shape index (κ2) is 6.40. The van der Waals surface area contributed by atoms with Crippen LogP contribution in [0, 0.1) is 0 Å². The van der Waals surface area contributed by atoms with E-state index in [1.165, 1.54) is 5.69 Å². The van der Waals surface area contributed by atoms with Crippen molar-refractivity contribution >= 4 is 15.9 Å². The highest BCUT2D eigenvalue weighted by Gasteiger charge is 2.10. The maximum absolute atomic E-state index is 4.38. The van der Waals surface area contributed by atoms with Crippen LogP contribution in [0.2, 0.25) is 0 Å². The van der Waals surface area contributed by atoms with Gasteiger partial charge in [-0.05, 0) is 49.2 Å². The first kappa shape index (κ1) is 13.7. The Morgan fingerprint density at radius 1 is 1.38 bits per heavy atom. The van der Waals surface area contributed by atoms with Crippen molar-refractivity contribution in [3.63, 3.8) is 0 Å². The van der Waals surface area contributed by atoms with E-state index in [9.17, 15) is 0 Å². The molecule has 0 aliphatic rings. The Bertz CT molecular complexity index is 318. The van der Waals surface area contributed by atoms with E-state index in [1.54, 1.807) is 0 Å². The summed E-state index contributed by atoms with van der Waals surface area (Å²) in [4.78, 5) is 0. The highest BCUT2D eigenvalue weighted by atomic mass is 79.9. The van der Waals surface area contributed by atoms with Crippen LogP contribution in [0.5, 0.6) is 0 Å². The van der Waals surface area contributed by atoms with Gasteiger partial charge in [0, 0.05) is 12.1 Å². The highest BCUT2D eigenvalue weighted by molar-refractivity contribution is 9.10. The van der Waals surface area contributed by atoms with E-state index in [0.29, 0.717) is 12.1 Å². The molecule has 0 radical (unpaired) electrons. The highest BCUT2D eigenvalue weighted by Crippen LogP contribution is 2.20. The summed E-state index contributed by atoms with van der Waals surface area (Å²) in [6.07, 6.45) is 4.11. The zero-order valence-corrected chi connectivity index (χ0v) is 12.2. The molecule has 0 fully saturated rings. The lowest BCUT2D eigenvalue weighted by Gasteiger charge is -2.12. The van der Waals surface area contributed by atoms with Crippen LogP contribution in [0.3, 0.4) is 0 Å². The molecule has 4 heteroatoms. The van der Waals surface area contributed by atoms with Crippen molar-refractivity contribution in [1.29, 1.82) is 0 Å². The molecule has 0 saturated heterocycles. The molecule has 1 aromatic rings.